The fraction of sp³-hybridized carbons (Fsp3) is 0.500. The summed E-state index contributed by atoms with van der Waals surface area (Å²) in [6, 6.07) is 0. The summed E-state index contributed by atoms with van der Waals surface area (Å²) >= 11 is 1.43. The van der Waals surface area contributed by atoms with Gasteiger partial charge in [0.25, 0.3) is 0 Å². The van der Waals surface area contributed by atoms with Crippen molar-refractivity contribution in [2.75, 3.05) is 0 Å². The molecule has 0 aromatic carbocycles. The Balaban J connectivity index is 3.13. The number of aromatic nitrogens is 3. The van der Waals surface area contributed by atoms with Crippen molar-refractivity contribution in [1.29, 1.82) is 0 Å². The van der Waals surface area contributed by atoms with Crippen molar-refractivity contribution >= 4 is 22.9 Å². The molecule has 0 saturated carbocycles. The van der Waals surface area contributed by atoms with Gasteiger partial charge in [-0.3, -0.25) is 0 Å². The van der Waals surface area contributed by atoms with Crippen LogP contribution in [0.1, 0.15) is 11.6 Å². The first-order chi connectivity index (χ1) is 4.91. The summed E-state index contributed by atoms with van der Waals surface area (Å²) < 4.78 is 36.5. The zero-order valence-corrected chi connectivity index (χ0v) is 7.51. The van der Waals surface area contributed by atoms with Crippen LogP contribution in [-0.2, 0) is 6.18 Å². The van der Waals surface area contributed by atoms with Crippen molar-refractivity contribution in [3.05, 3.63) is 11.6 Å². The molecule has 0 saturated heterocycles. The van der Waals surface area contributed by atoms with Gasteiger partial charge in [-0.15, -0.1) is 5.10 Å². The lowest BCUT2D eigenvalue weighted by Crippen LogP contribution is -2.10. The summed E-state index contributed by atoms with van der Waals surface area (Å²) in [7, 11) is 0. The molecule has 62 valence electrons. The van der Waals surface area contributed by atoms with Crippen molar-refractivity contribution in [3.63, 3.8) is 0 Å². The molecule has 11 heavy (non-hydrogen) atoms. The minimum atomic E-state index is -4.41. The molecule has 0 fully saturated rings. The van der Waals surface area contributed by atoms with Crippen LogP contribution in [0.3, 0.4) is 0 Å². The van der Waals surface area contributed by atoms with Gasteiger partial charge in [-0.2, -0.15) is 16.1 Å². The second kappa shape index (κ2) is 2.61. The van der Waals surface area contributed by atoms with E-state index in [-0.39, 0.29) is 5.82 Å². The van der Waals surface area contributed by atoms with Gasteiger partial charge >= 0.3 is 6.18 Å². The Bertz CT molecular complexity index is 266. The fourth-order valence-corrected chi connectivity index (χ4v) is 1.25. The van der Waals surface area contributed by atoms with Crippen LogP contribution in [0.5, 0.6) is 0 Å². The van der Waals surface area contributed by atoms with E-state index in [0.717, 1.165) is 0 Å². The van der Waals surface area contributed by atoms with E-state index in [1.165, 1.54) is 29.8 Å². The monoisotopic (exact) mass is 277 g/mol. The molecular formula is C4H3F3IN3. The molecule has 1 aromatic heterocycles. The Morgan fingerprint density at radius 3 is 2.18 bits per heavy atom. The highest BCUT2D eigenvalue weighted by Gasteiger charge is 2.37. The van der Waals surface area contributed by atoms with Gasteiger partial charge in [-0.1, -0.05) is 0 Å². The predicted molar refractivity (Wildman–Crippen MR) is 39.2 cm³/mol. The molecule has 0 aliphatic rings. The van der Waals surface area contributed by atoms with Gasteiger partial charge in [0.2, 0.25) is 5.82 Å². The molecule has 3 nitrogen and oxygen atoms in total. The first kappa shape index (κ1) is 8.75. The van der Waals surface area contributed by atoms with Crippen LogP contribution in [-0.4, -0.2) is 13.0 Å². The van der Waals surface area contributed by atoms with Gasteiger partial charge in [0, 0.05) is 0 Å². The number of hydrogen-bond donors (Lipinski definition) is 0. The topological polar surface area (TPSA) is 30.7 Å². The first-order valence-electron chi connectivity index (χ1n) is 2.58. The molecule has 1 heterocycles. The number of nitrogens with zero attached hydrogens (tertiary/aromatic N) is 3. The second-order valence-electron chi connectivity index (χ2n) is 1.84. The number of rotatable bonds is 0. The Morgan fingerprint density at radius 1 is 1.45 bits per heavy atom. The van der Waals surface area contributed by atoms with E-state index in [9.17, 15) is 13.2 Å². The highest BCUT2D eigenvalue weighted by molar-refractivity contribution is 14.1. The van der Waals surface area contributed by atoms with Crippen molar-refractivity contribution < 1.29 is 13.2 Å². The molecule has 1 rings (SSSR count). The lowest BCUT2D eigenvalue weighted by Gasteiger charge is -2.01. The van der Waals surface area contributed by atoms with Crippen LogP contribution in [0.25, 0.3) is 0 Å². The maximum atomic E-state index is 11.9. The van der Waals surface area contributed by atoms with Crippen LogP contribution in [0.15, 0.2) is 0 Å². The normalized spacial score (nSPS) is 12.1. The molecule has 0 bridgehead atoms. The van der Waals surface area contributed by atoms with E-state index >= 15 is 0 Å². The molecule has 0 atom stereocenters. The molecule has 7 heteroatoms. The van der Waals surface area contributed by atoms with E-state index in [1.807, 2.05) is 0 Å². The third-order valence-corrected chi connectivity index (χ3v) is 1.60. The lowest BCUT2D eigenvalue weighted by atomic mass is 10.6. The Labute approximate surface area is 74.1 Å². The zero-order valence-electron chi connectivity index (χ0n) is 5.35. The van der Waals surface area contributed by atoms with Gasteiger partial charge < -0.3 is 0 Å². The van der Waals surface area contributed by atoms with Crippen molar-refractivity contribution in [2.45, 2.75) is 13.1 Å². The Morgan fingerprint density at radius 2 is 2.00 bits per heavy atom. The van der Waals surface area contributed by atoms with Crippen LogP contribution in [0, 0.1) is 6.92 Å². The van der Waals surface area contributed by atoms with Gasteiger partial charge in [-0.25, -0.2) is 4.98 Å². The van der Waals surface area contributed by atoms with Gasteiger partial charge in [-0.05, 0) is 6.92 Å². The molecule has 1 aromatic rings. The van der Waals surface area contributed by atoms with Crippen LogP contribution >= 0.6 is 22.9 Å². The Kier molecular flexibility index (Phi) is 2.08. The van der Waals surface area contributed by atoms with E-state index < -0.39 is 12.0 Å². The third kappa shape index (κ3) is 1.82. The number of aryl methyl sites for hydroxylation is 1. The molecule has 0 radical (unpaired) electrons. The molecular weight excluding hydrogens is 274 g/mol. The smallest absolute Gasteiger partial charge is 0.207 e. The summed E-state index contributed by atoms with van der Waals surface area (Å²) in [6.45, 7) is 1.41. The molecule has 0 amide bonds. The number of hydrogen-bond acceptors (Lipinski definition) is 2. The first-order valence-corrected chi connectivity index (χ1v) is 3.55. The summed E-state index contributed by atoms with van der Waals surface area (Å²) in [5.41, 5.74) is 0. The molecule has 0 spiro atoms. The minimum absolute atomic E-state index is 0.117. The summed E-state index contributed by atoms with van der Waals surface area (Å²) in [6.07, 6.45) is -4.41. The quantitative estimate of drug-likeness (QED) is 0.677. The van der Waals surface area contributed by atoms with Crippen molar-refractivity contribution in [3.8, 4) is 0 Å². The van der Waals surface area contributed by atoms with E-state index in [1.54, 1.807) is 0 Å². The summed E-state index contributed by atoms with van der Waals surface area (Å²) in [4.78, 5) is 3.20. The van der Waals surface area contributed by atoms with E-state index in [2.05, 4.69) is 10.1 Å². The van der Waals surface area contributed by atoms with Crippen molar-refractivity contribution in [2.24, 2.45) is 0 Å². The molecule has 0 N–H and O–H groups in total. The maximum absolute atomic E-state index is 11.9. The average Bonchev–Trinajstić information content (AvgIpc) is 2.08. The Hall–Kier alpha value is -0.340. The third-order valence-electron chi connectivity index (χ3n) is 0.929. The van der Waals surface area contributed by atoms with E-state index in [0.29, 0.717) is 2.90 Å². The predicted octanol–water partition coefficient (Wildman–Crippen LogP) is 1.80. The summed E-state index contributed by atoms with van der Waals surface area (Å²) in [5.74, 6) is -0.859. The SMILES string of the molecule is Cc1nc(C(F)(F)F)n(I)n1. The average molecular weight is 277 g/mol. The molecule has 0 aliphatic carbocycles. The van der Waals surface area contributed by atoms with Gasteiger partial charge in [0.05, 0.1) is 22.9 Å². The standard InChI is InChI=1S/C4H3F3IN3/c1-2-9-3(4(5,6)7)11(8)10-2/h1H3. The highest BCUT2D eigenvalue weighted by Crippen LogP contribution is 2.28. The number of halogens is 4. The van der Waals surface area contributed by atoms with E-state index in [4.69, 9.17) is 0 Å². The maximum Gasteiger partial charge on any atom is 0.452 e. The molecule has 0 unspecified atom stereocenters. The minimum Gasteiger partial charge on any atom is -0.207 e. The van der Waals surface area contributed by atoms with Crippen LogP contribution < -0.4 is 0 Å². The lowest BCUT2D eigenvalue weighted by molar-refractivity contribution is -0.145. The van der Waals surface area contributed by atoms with Gasteiger partial charge in [0.1, 0.15) is 5.82 Å². The largest absolute Gasteiger partial charge is 0.452 e. The van der Waals surface area contributed by atoms with Crippen molar-refractivity contribution in [1.82, 2.24) is 13.0 Å². The van der Waals surface area contributed by atoms with Gasteiger partial charge in [0.15, 0.2) is 0 Å². The highest BCUT2D eigenvalue weighted by atomic mass is 127. The van der Waals surface area contributed by atoms with Crippen LogP contribution in [0.4, 0.5) is 13.2 Å². The zero-order chi connectivity index (χ0) is 8.65. The fourth-order valence-electron chi connectivity index (χ4n) is 0.559. The molecule has 0 aliphatic heterocycles. The van der Waals surface area contributed by atoms with Crippen LogP contribution in [0.2, 0.25) is 0 Å². The number of alkyl halides is 3. The second-order valence-corrected chi connectivity index (χ2v) is 2.75. The summed E-state index contributed by atoms with van der Waals surface area (Å²) in [5, 5.41) is 3.45.